The van der Waals surface area contributed by atoms with Crippen molar-refractivity contribution in [2.75, 3.05) is 0 Å². The largest absolute Gasteiger partial charge is 0.385 e. The summed E-state index contributed by atoms with van der Waals surface area (Å²) in [4.78, 5) is 0. The molecule has 0 unspecified atom stereocenters. The second kappa shape index (κ2) is 3.21. The van der Waals surface area contributed by atoms with Crippen LogP contribution in [-0.2, 0) is 0 Å². The quantitative estimate of drug-likeness (QED) is 0.763. The highest BCUT2D eigenvalue weighted by Crippen LogP contribution is 2.41. The molecule has 1 aliphatic rings. The predicted molar refractivity (Wildman–Crippen MR) is 54.2 cm³/mol. The Kier molecular flexibility index (Phi) is 2.16. The van der Waals surface area contributed by atoms with Crippen molar-refractivity contribution in [1.82, 2.24) is 0 Å². The molecule has 1 nitrogen and oxygen atoms in total. The van der Waals surface area contributed by atoms with Gasteiger partial charge in [0.1, 0.15) is 5.82 Å². The number of hydrogen-bond acceptors (Lipinski definition) is 1. The molecule has 0 saturated heterocycles. The van der Waals surface area contributed by atoms with Gasteiger partial charge in [0, 0.05) is 0 Å². The first kappa shape index (κ1) is 9.41. The van der Waals surface area contributed by atoms with Crippen LogP contribution in [0, 0.1) is 5.82 Å². The van der Waals surface area contributed by atoms with Crippen LogP contribution in [0.5, 0.6) is 0 Å². The lowest BCUT2D eigenvalue weighted by molar-refractivity contribution is 0.0247. The molecule has 2 heteroatoms. The van der Waals surface area contributed by atoms with Crippen LogP contribution >= 0.6 is 0 Å². The predicted octanol–water partition coefficient (Wildman–Crippen LogP) is 2.75. The molecule has 0 heterocycles. The Hall–Kier alpha value is -1.15. The lowest BCUT2D eigenvalue weighted by atomic mass is 9.73. The van der Waals surface area contributed by atoms with E-state index in [1.54, 1.807) is 12.1 Å². The van der Waals surface area contributed by atoms with Crippen LogP contribution in [0.3, 0.4) is 0 Å². The monoisotopic (exact) mass is 192 g/mol. The summed E-state index contributed by atoms with van der Waals surface area (Å²) in [7, 11) is 0. The third-order valence-corrected chi connectivity index (χ3v) is 2.92. The third-order valence-electron chi connectivity index (χ3n) is 2.92. The van der Waals surface area contributed by atoms with Gasteiger partial charge in [-0.25, -0.2) is 4.39 Å². The molecule has 1 fully saturated rings. The van der Waals surface area contributed by atoms with Crippen molar-refractivity contribution in [3.8, 4) is 0 Å². The van der Waals surface area contributed by atoms with E-state index in [-0.39, 0.29) is 5.82 Å². The van der Waals surface area contributed by atoms with Gasteiger partial charge in [-0.2, -0.15) is 0 Å². The fraction of sp³-hybridized carbons (Fsp3) is 0.333. The average Bonchev–Trinajstić information content (AvgIpc) is 2.13. The Labute approximate surface area is 82.9 Å². The summed E-state index contributed by atoms with van der Waals surface area (Å²) >= 11 is 0. The highest BCUT2D eigenvalue weighted by atomic mass is 19.1. The van der Waals surface area contributed by atoms with Gasteiger partial charge >= 0.3 is 0 Å². The molecule has 0 bridgehead atoms. The molecule has 14 heavy (non-hydrogen) atoms. The average molecular weight is 192 g/mol. The van der Waals surface area contributed by atoms with Gasteiger partial charge in [-0.3, -0.25) is 0 Å². The highest BCUT2D eigenvalue weighted by molar-refractivity contribution is 5.70. The zero-order chi connectivity index (χ0) is 10.2. The van der Waals surface area contributed by atoms with Gasteiger partial charge in [-0.1, -0.05) is 18.7 Å². The number of hydrogen-bond donors (Lipinski definition) is 1. The minimum atomic E-state index is -0.784. The Balaban J connectivity index is 2.27. The summed E-state index contributed by atoms with van der Waals surface area (Å²) in [5.41, 5.74) is 0.559. The maximum absolute atomic E-state index is 12.9. The Bertz CT molecular complexity index is 366. The minimum Gasteiger partial charge on any atom is -0.385 e. The highest BCUT2D eigenvalue weighted by Gasteiger charge is 2.37. The zero-order valence-electron chi connectivity index (χ0n) is 7.96. The number of benzene rings is 1. The van der Waals surface area contributed by atoms with Gasteiger partial charge in [0.2, 0.25) is 0 Å². The molecule has 0 atom stereocenters. The molecule has 0 spiro atoms. The smallest absolute Gasteiger partial charge is 0.123 e. The Morgan fingerprint density at radius 1 is 1.43 bits per heavy atom. The van der Waals surface area contributed by atoms with Gasteiger partial charge in [-0.05, 0) is 42.5 Å². The van der Waals surface area contributed by atoms with Gasteiger partial charge in [0.25, 0.3) is 0 Å². The first-order valence-corrected chi connectivity index (χ1v) is 4.79. The summed E-state index contributed by atoms with van der Waals surface area (Å²) in [6, 6.07) is 6.22. The van der Waals surface area contributed by atoms with Crippen LogP contribution in [0.2, 0.25) is 0 Å². The summed E-state index contributed by atoms with van der Waals surface area (Å²) in [6.07, 6.45) is 2.50. The van der Waals surface area contributed by atoms with Gasteiger partial charge in [0.05, 0.1) is 5.60 Å². The van der Waals surface area contributed by atoms with Gasteiger partial charge in [0.15, 0.2) is 0 Å². The molecular weight excluding hydrogens is 179 g/mol. The molecule has 1 aromatic rings. The molecule has 1 N–H and O–H groups in total. The maximum atomic E-state index is 12.9. The Morgan fingerprint density at radius 3 is 2.64 bits per heavy atom. The lowest BCUT2D eigenvalue weighted by Gasteiger charge is -2.38. The van der Waals surface area contributed by atoms with Crippen LogP contribution in [-0.4, -0.2) is 10.7 Å². The van der Waals surface area contributed by atoms with Crippen molar-refractivity contribution < 1.29 is 9.50 Å². The molecule has 0 amide bonds. The topological polar surface area (TPSA) is 20.2 Å². The molecule has 1 saturated carbocycles. The van der Waals surface area contributed by atoms with E-state index in [2.05, 4.69) is 6.58 Å². The van der Waals surface area contributed by atoms with E-state index in [9.17, 15) is 9.50 Å². The maximum Gasteiger partial charge on any atom is 0.123 e. The molecule has 0 aliphatic heterocycles. The second-order valence-electron chi connectivity index (χ2n) is 3.87. The minimum absolute atomic E-state index is 0.286. The summed E-state index contributed by atoms with van der Waals surface area (Å²) in [5.74, 6) is -0.286. The molecular formula is C12H13FO. The molecule has 74 valence electrons. The fourth-order valence-electron chi connectivity index (χ4n) is 1.76. The van der Waals surface area contributed by atoms with Crippen LogP contribution in [0.25, 0.3) is 5.57 Å². The lowest BCUT2D eigenvalue weighted by Crippen LogP contribution is -2.37. The van der Waals surface area contributed by atoms with Crippen molar-refractivity contribution >= 4 is 5.57 Å². The number of halogens is 1. The summed E-state index contributed by atoms with van der Waals surface area (Å²) in [6.45, 7) is 3.84. The standard InChI is InChI=1S/C12H13FO/c1-9(12(14)6-3-7-12)10-4-2-5-11(13)8-10/h2,4-5,8,14H,1,3,6-7H2. The van der Waals surface area contributed by atoms with Crippen LogP contribution in [0.1, 0.15) is 24.8 Å². The zero-order valence-corrected chi connectivity index (χ0v) is 7.96. The van der Waals surface area contributed by atoms with Crippen LogP contribution in [0.4, 0.5) is 4.39 Å². The van der Waals surface area contributed by atoms with Crippen molar-refractivity contribution in [3.63, 3.8) is 0 Å². The van der Waals surface area contributed by atoms with Crippen LogP contribution in [0.15, 0.2) is 30.8 Å². The number of aliphatic hydroxyl groups is 1. The second-order valence-corrected chi connectivity index (χ2v) is 3.87. The summed E-state index contributed by atoms with van der Waals surface area (Å²) in [5, 5.41) is 10.0. The van der Waals surface area contributed by atoms with Crippen molar-refractivity contribution in [2.45, 2.75) is 24.9 Å². The van der Waals surface area contributed by atoms with Gasteiger partial charge in [-0.15, -0.1) is 0 Å². The first-order chi connectivity index (χ1) is 6.62. The molecule has 0 aromatic heterocycles. The van der Waals surface area contributed by atoms with Crippen LogP contribution < -0.4 is 0 Å². The SMILES string of the molecule is C=C(c1cccc(F)c1)C1(O)CCC1. The van der Waals surface area contributed by atoms with E-state index in [4.69, 9.17) is 0 Å². The summed E-state index contributed by atoms with van der Waals surface area (Å²) < 4.78 is 12.9. The van der Waals surface area contributed by atoms with E-state index < -0.39 is 5.60 Å². The van der Waals surface area contributed by atoms with Crippen molar-refractivity contribution in [3.05, 3.63) is 42.2 Å². The molecule has 2 rings (SSSR count). The van der Waals surface area contributed by atoms with E-state index >= 15 is 0 Å². The normalized spacial score (nSPS) is 18.7. The van der Waals surface area contributed by atoms with Crippen molar-refractivity contribution in [1.29, 1.82) is 0 Å². The fourth-order valence-corrected chi connectivity index (χ4v) is 1.76. The number of rotatable bonds is 2. The van der Waals surface area contributed by atoms with E-state index in [1.807, 2.05) is 0 Å². The Morgan fingerprint density at radius 2 is 2.14 bits per heavy atom. The van der Waals surface area contributed by atoms with E-state index in [0.29, 0.717) is 11.1 Å². The van der Waals surface area contributed by atoms with Gasteiger partial charge < -0.3 is 5.11 Å². The van der Waals surface area contributed by atoms with E-state index in [0.717, 1.165) is 19.3 Å². The van der Waals surface area contributed by atoms with Crippen molar-refractivity contribution in [2.24, 2.45) is 0 Å². The van der Waals surface area contributed by atoms with E-state index in [1.165, 1.54) is 12.1 Å². The molecule has 1 aliphatic carbocycles. The molecule has 1 aromatic carbocycles. The first-order valence-electron chi connectivity index (χ1n) is 4.79. The molecule has 0 radical (unpaired) electrons. The third kappa shape index (κ3) is 1.46.